The molecule has 1 rings (SSSR count). The van der Waals surface area contributed by atoms with Crippen molar-refractivity contribution in [1.82, 2.24) is 4.90 Å². The first-order chi connectivity index (χ1) is 7.41. The topological polar surface area (TPSA) is 46.3 Å². The molecule has 0 aliphatic heterocycles. The van der Waals surface area contributed by atoms with Crippen molar-refractivity contribution < 1.29 is 4.79 Å². The molecule has 3 heteroatoms. The predicted octanol–water partition coefficient (Wildman–Crippen LogP) is 2.01. The highest BCUT2D eigenvalue weighted by Gasteiger charge is 2.33. The van der Waals surface area contributed by atoms with Crippen molar-refractivity contribution >= 4 is 5.91 Å². The minimum Gasteiger partial charge on any atom is -0.339 e. The number of amides is 1. The molecule has 1 amide bonds. The van der Waals surface area contributed by atoms with Crippen LogP contribution in [0.1, 0.15) is 47.0 Å². The van der Waals surface area contributed by atoms with E-state index in [-0.39, 0.29) is 11.9 Å². The molecule has 0 aromatic rings. The molecule has 1 aliphatic carbocycles. The Bertz CT molecular complexity index is 234. The van der Waals surface area contributed by atoms with E-state index < -0.39 is 0 Å². The second-order valence-corrected chi connectivity index (χ2v) is 5.78. The second kappa shape index (κ2) is 5.67. The summed E-state index contributed by atoms with van der Waals surface area (Å²) in [6, 6.07) is 0.509. The van der Waals surface area contributed by atoms with Gasteiger partial charge in [-0.1, -0.05) is 27.7 Å². The van der Waals surface area contributed by atoms with Gasteiger partial charge < -0.3 is 10.6 Å². The highest BCUT2D eigenvalue weighted by molar-refractivity contribution is 5.77. The molecular weight excluding hydrogens is 200 g/mol. The van der Waals surface area contributed by atoms with E-state index in [1.165, 1.54) is 12.8 Å². The number of hydrogen-bond donors (Lipinski definition) is 1. The molecule has 2 N–H and O–H groups in total. The van der Waals surface area contributed by atoms with Crippen LogP contribution in [0.5, 0.6) is 0 Å². The average molecular weight is 226 g/mol. The lowest BCUT2D eigenvalue weighted by Crippen LogP contribution is -2.40. The molecule has 0 aromatic carbocycles. The van der Waals surface area contributed by atoms with Crippen molar-refractivity contribution in [3.63, 3.8) is 0 Å². The molecule has 3 nitrogen and oxygen atoms in total. The number of nitrogens with two attached hydrogens (primary N) is 1. The van der Waals surface area contributed by atoms with Gasteiger partial charge in [-0.15, -0.1) is 0 Å². The first-order valence-electron chi connectivity index (χ1n) is 6.46. The van der Waals surface area contributed by atoms with Crippen LogP contribution in [0.4, 0.5) is 0 Å². The smallest absolute Gasteiger partial charge is 0.224 e. The Hall–Kier alpha value is -0.570. The van der Waals surface area contributed by atoms with Crippen LogP contribution in [0, 0.1) is 11.8 Å². The second-order valence-electron chi connectivity index (χ2n) is 5.78. The summed E-state index contributed by atoms with van der Waals surface area (Å²) in [7, 11) is 0. The average Bonchev–Trinajstić information content (AvgIpc) is 2.96. The van der Waals surface area contributed by atoms with Crippen LogP contribution in [0.2, 0.25) is 0 Å². The van der Waals surface area contributed by atoms with Gasteiger partial charge in [0.25, 0.3) is 0 Å². The molecular formula is C13H26N2O. The minimum atomic E-state index is 0.000845. The van der Waals surface area contributed by atoms with E-state index in [9.17, 15) is 4.79 Å². The summed E-state index contributed by atoms with van der Waals surface area (Å²) in [5, 5.41) is 0. The van der Waals surface area contributed by atoms with Crippen LogP contribution in [-0.4, -0.2) is 29.4 Å². The fourth-order valence-electron chi connectivity index (χ4n) is 1.79. The minimum absolute atomic E-state index is 0.000845. The van der Waals surface area contributed by atoms with Crippen molar-refractivity contribution in [3.8, 4) is 0 Å². The summed E-state index contributed by atoms with van der Waals surface area (Å²) in [6.07, 6.45) is 2.85. The van der Waals surface area contributed by atoms with Crippen LogP contribution in [0.3, 0.4) is 0 Å². The van der Waals surface area contributed by atoms with Crippen molar-refractivity contribution in [2.24, 2.45) is 17.6 Å². The summed E-state index contributed by atoms with van der Waals surface area (Å²) >= 11 is 0. The zero-order chi connectivity index (χ0) is 12.3. The Morgan fingerprint density at radius 3 is 2.25 bits per heavy atom. The lowest BCUT2D eigenvalue weighted by Gasteiger charge is -2.26. The maximum Gasteiger partial charge on any atom is 0.224 e. The van der Waals surface area contributed by atoms with E-state index in [0.717, 1.165) is 6.54 Å². The van der Waals surface area contributed by atoms with E-state index in [1.807, 2.05) is 4.90 Å². The van der Waals surface area contributed by atoms with Crippen LogP contribution >= 0.6 is 0 Å². The standard InChI is InChI=1S/C13H26N2O/c1-9(2)8-15(11-5-6-11)13(16)7-12(14)10(3)4/h9-12H,5-8,14H2,1-4H3. The van der Waals surface area contributed by atoms with Gasteiger partial charge in [0.15, 0.2) is 0 Å². The van der Waals surface area contributed by atoms with Crippen molar-refractivity contribution in [3.05, 3.63) is 0 Å². The fourth-order valence-corrected chi connectivity index (χ4v) is 1.79. The van der Waals surface area contributed by atoms with Crippen LogP contribution in [-0.2, 0) is 4.79 Å². The molecule has 0 saturated heterocycles. The van der Waals surface area contributed by atoms with E-state index in [4.69, 9.17) is 5.73 Å². The monoisotopic (exact) mass is 226 g/mol. The maximum atomic E-state index is 12.1. The van der Waals surface area contributed by atoms with Gasteiger partial charge in [0.05, 0.1) is 0 Å². The van der Waals surface area contributed by atoms with Gasteiger partial charge in [-0.2, -0.15) is 0 Å². The van der Waals surface area contributed by atoms with E-state index in [2.05, 4.69) is 27.7 Å². The molecule has 1 unspecified atom stereocenters. The van der Waals surface area contributed by atoms with Crippen LogP contribution < -0.4 is 5.73 Å². The highest BCUT2D eigenvalue weighted by Crippen LogP contribution is 2.28. The third-order valence-electron chi connectivity index (χ3n) is 3.14. The Kier molecular flexibility index (Phi) is 4.78. The van der Waals surface area contributed by atoms with Crippen molar-refractivity contribution in [1.29, 1.82) is 0 Å². The lowest BCUT2D eigenvalue weighted by atomic mass is 10.0. The van der Waals surface area contributed by atoms with E-state index in [0.29, 0.717) is 24.3 Å². The van der Waals surface area contributed by atoms with Gasteiger partial charge in [0.2, 0.25) is 5.91 Å². The fraction of sp³-hybridized carbons (Fsp3) is 0.923. The molecule has 94 valence electrons. The molecule has 1 atom stereocenters. The largest absolute Gasteiger partial charge is 0.339 e. The molecule has 0 radical (unpaired) electrons. The van der Waals surface area contributed by atoms with Gasteiger partial charge in [-0.3, -0.25) is 4.79 Å². The first-order valence-corrected chi connectivity index (χ1v) is 6.46. The summed E-state index contributed by atoms with van der Waals surface area (Å²) in [4.78, 5) is 14.2. The van der Waals surface area contributed by atoms with E-state index >= 15 is 0 Å². The van der Waals surface area contributed by atoms with Crippen molar-refractivity contribution in [2.75, 3.05) is 6.54 Å². The highest BCUT2D eigenvalue weighted by atomic mass is 16.2. The normalized spacial score (nSPS) is 17.9. The molecule has 0 heterocycles. The van der Waals surface area contributed by atoms with E-state index in [1.54, 1.807) is 0 Å². The molecule has 1 fully saturated rings. The SMILES string of the molecule is CC(C)CN(C(=O)CC(N)C(C)C)C1CC1. The predicted molar refractivity (Wildman–Crippen MR) is 67.0 cm³/mol. The Labute approximate surface area is 99.4 Å². The third kappa shape index (κ3) is 4.12. The van der Waals surface area contributed by atoms with Gasteiger partial charge in [-0.25, -0.2) is 0 Å². The van der Waals surface area contributed by atoms with Gasteiger partial charge in [0.1, 0.15) is 0 Å². The molecule has 0 aromatic heterocycles. The Morgan fingerprint density at radius 2 is 1.88 bits per heavy atom. The van der Waals surface area contributed by atoms with Gasteiger partial charge in [0, 0.05) is 25.0 Å². The number of rotatable bonds is 6. The summed E-state index contributed by atoms with van der Waals surface area (Å²) < 4.78 is 0. The Morgan fingerprint density at radius 1 is 1.31 bits per heavy atom. The zero-order valence-electron chi connectivity index (χ0n) is 11.1. The summed E-state index contributed by atoms with van der Waals surface area (Å²) in [6.45, 7) is 9.34. The zero-order valence-corrected chi connectivity index (χ0v) is 11.1. The van der Waals surface area contributed by atoms with Gasteiger partial charge in [-0.05, 0) is 24.7 Å². The quantitative estimate of drug-likeness (QED) is 0.753. The maximum absolute atomic E-state index is 12.1. The first kappa shape index (κ1) is 13.5. The van der Waals surface area contributed by atoms with Crippen molar-refractivity contribution in [2.45, 2.75) is 59.0 Å². The Balaban J connectivity index is 2.47. The molecule has 1 aliphatic rings. The van der Waals surface area contributed by atoms with Gasteiger partial charge >= 0.3 is 0 Å². The van der Waals surface area contributed by atoms with Crippen LogP contribution in [0.25, 0.3) is 0 Å². The molecule has 16 heavy (non-hydrogen) atoms. The summed E-state index contributed by atoms with van der Waals surface area (Å²) in [5.74, 6) is 1.17. The lowest BCUT2D eigenvalue weighted by molar-refractivity contribution is -0.132. The summed E-state index contributed by atoms with van der Waals surface area (Å²) in [5.41, 5.74) is 5.96. The molecule has 1 saturated carbocycles. The number of nitrogens with zero attached hydrogens (tertiary/aromatic N) is 1. The number of carbonyl (C=O) groups excluding carboxylic acids is 1. The van der Waals surface area contributed by atoms with Crippen LogP contribution in [0.15, 0.2) is 0 Å². The number of hydrogen-bond acceptors (Lipinski definition) is 2. The third-order valence-corrected chi connectivity index (χ3v) is 3.14. The number of carbonyl (C=O) groups is 1. The molecule has 0 spiro atoms. The molecule has 0 bridgehead atoms.